The van der Waals surface area contributed by atoms with E-state index in [2.05, 4.69) is 38.3 Å². The zero-order chi connectivity index (χ0) is 14.5. The minimum Gasteiger partial charge on any atom is -0.390 e. The second-order valence-electron chi connectivity index (χ2n) is 5.93. The predicted octanol–water partition coefficient (Wildman–Crippen LogP) is 2.79. The highest BCUT2D eigenvalue weighted by atomic mass is 16.3. The number of aliphatic hydroxyl groups excluding tert-OH is 1. The third-order valence-electron chi connectivity index (χ3n) is 3.74. The first-order valence-electron chi connectivity index (χ1n) is 8.23. The molecular formula is C16H36N2O. The molecule has 0 aromatic heterocycles. The van der Waals surface area contributed by atoms with Crippen LogP contribution >= 0.6 is 0 Å². The van der Waals surface area contributed by atoms with Gasteiger partial charge in [-0.15, -0.1) is 0 Å². The van der Waals surface area contributed by atoms with E-state index in [0.29, 0.717) is 19.0 Å². The van der Waals surface area contributed by atoms with Crippen molar-refractivity contribution in [2.45, 2.75) is 65.9 Å². The Labute approximate surface area is 120 Å². The van der Waals surface area contributed by atoms with Crippen LogP contribution in [-0.2, 0) is 0 Å². The Balaban J connectivity index is 3.50. The fourth-order valence-electron chi connectivity index (χ4n) is 2.48. The van der Waals surface area contributed by atoms with Crippen LogP contribution in [0.5, 0.6) is 0 Å². The van der Waals surface area contributed by atoms with Crippen molar-refractivity contribution in [1.82, 2.24) is 10.6 Å². The van der Waals surface area contributed by atoms with Crippen molar-refractivity contribution in [2.24, 2.45) is 11.8 Å². The number of aliphatic hydroxyl groups is 1. The van der Waals surface area contributed by atoms with Gasteiger partial charge in [0.15, 0.2) is 0 Å². The van der Waals surface area contributed by atoms with Crippen LogP contribution in [0.3, 0.4) is 0 Å². The Bertz CT molecular complexity index is 188. The summed E-state index contributed by atoms with van der Waals surface area (Å²) in [6, 6.07) is 0. The third-order valence-corrected chi connectivity index (χ3v) is 3.74. The van der Waals surface area contributed by atoms with Gasteiger partial charge >= 0.3 is 0 Å². The minimum absolute atomic E-state index is 0.270. The van der Waals surface area contributed by atoms with Crippen molar-refractivity contribution >= 4 is 0 Å². The second kappa shape index (κ2) is 12.9. The first-order valence-corrected chi connectivity index (χ1v) is 8.23. The highest BCUT2D eigenvalue weighted by molar-refractivity contribution is 4.67. The molecule has 0 aliphatic rings. The van der Waals surface area contributed by atoms with E-state index in [9.17, 15) is 5.11 Å². The first-order chi connectivity index (χ1) is 9.13. The van der Waals surface area contributed by atoms with Crippen LogP contribution in [0.2, 0.25) is 0 Å². The van der Waals surface area contributed by atoms with Gasteiger partial charge in [-0.25, -0.2) is 0 Å². The maximum absolute atomic E-state index is 9.88. The molecule has 0 aliphatic heterocycles. The molecule has 0 amide bonds. The molecular weight excluding hydrogens is 236 g/mol. The smallest absolute Gasteiger partial charge is 0.0788 e. The lowest BCUT2D eigenvalue weighted by Crippen LogP contribution is -2.38. The third kappa shape index (κ3) is 11.4. The van der Waals surface area contributed by atoms with Crippen LogP contribution in [-0.4, -0.2) is 37.4 Å². The van der Waals surface area contributed by atoms with E-state index in [1.165, 1.54) is 32.1 Å². The molecule has 0 rings (SSSR count). The standard InChI is InChI=1S/C16H36N2O/c1-5-8-14(4)10-17-12-16(19)13-18-11-15(7-3)9-6-2/h14-19H,5-13H2,1-4H3. The molecule has 19 heavy (non-hydrogen) atoms. The molecule has 0 bridgehead atoms. The van der Waals surface area contributed by atoms with Gasteiger partial charge in [-0.05, 0) is 37.8 Å². The molecule has 3 N–H and O–H groups in total. The summed E-state index contributed by atoms with van der Waals surface area (Å²) in [6.07, 6.45) is 5.99. The molecule has 3 heteroatoms. The summed E-state index contributed by atoms with van der Waals surface area (Å²) in [5.74, 6) is 1.47. The highest BCUT2D eigenvalue weighted by Crippen LogP contribution is 2.08. The molecule has 0 aromatic carbocycles. The van der Waals surface area contributed by atoms with Gasteiger partial charge in [0.25, 0.3) is 0 Å². The molecule has 0 spiro atoms. The quantitative estimate of drug-likeness (QED) is 0.483. The molecule has 3 unspecified atom stereocenters. The lowest BCUT2D eigenvalue weighted by Gasteiger charge is -2.18. The summed E-state index contributed by atoms with van der Waals surface area (Å²) in [7, 11) is 0. The summed E-state index contributed by atoms with van der Waals surface area (Å²) >= 11 is 0. The van der Waals surface area contributed by atoms with Crippen molar-refractivity contribution in [1.29, 1.82) is 0 Å². The van der Waals surface area contributed by atoms with Gasteiger partial charge in [-0.3, -0.25) is 0 Å². The summed E-state index contributed by atoms with van der Waals surface area (Å²) in [6.45, 7) is 12.4. The molecule has 3 atom stereocenters. The van der Waals surface area contributed by atoms with Crippen LogP contribution < -0.4 is 10.6 Å². The van der Waals surface area contributed by atoms with Crippen LogP contribution in [0.1, 0.15) is 59.8 Å². The molecule has 0 fully saturated rings. The molecule has 3 nitrogen and oxygen atoms in total. The lowest BCUT2D eigenvalue weighted by atomic mass is 10.0. The van der Waals surface area contributed by atoms with Gasteiger partial charge in [-0.2, -0.15) is 0 Å². The second-order valence-corrected chi connectivity index (χ2v) is 5.93. The Hall–Kier alpha value is -0.120. The molecule has 0 saturated carbocycles. The van der Waals surface area contributed by atoms with E-state index in [-0.39, 0.29) is 6.10 Å². The van der Waals surface area contributed by atoms with Crippen LogP contribution in [0.25, 0.3) is 0 Å². The topological polar surface area (TPSA) is 44.3 Å². The van der Waals surface area contributed by atoms with E-state index < -0.39 is 0 Å². The van der Waals surface area contributed by atoms with Gasteiger partial charge in [-0.1, -0.05) is 47.0 Å². The van der Waals surface area contributed by atoms with Crippen molar-refractivity contribution in [3.8, 4) is 0 Å². The van der Waals surface area contributed by atoms with Gasteiger partial charge in [0.1, 0.15) is 0 Å². The fourth-order valence-corrected chi connectivity index (χ4v) is 2.48. The summed E-state index contributed by atoms with van der Waals surface area (Å²) in [4.78, 5) is 0. The minimum atomic E-state index is -0.270. The Kier molecular flexibility index (Phi) is 12.8. The Morgan fingerprint density at radius 3 is 1.95 bits per heavy atom. The molecule has 0 aliphatic carbocycles. The zero-order valence-corrected chi connectivity index (χ0v) is 13.5. The summed E-state index contributed by atoms with van der Waals surface area (Å²) < 4.78 is 0. The first kappa shape index (κ1) is 18.9. The van der Waals surface area contributed by atoms with Gasteiger partial charge in [0.2, 0.25) is 0 Å². The van der Waals surface area contributed by atoms with Crippen molar-refractivity contribution in [3.05, 3.63) is 0 Å². The van der Waals surface area contributed by atoms with Crippen LogP contribution in [0, 0.1) is 11.8 Å². The van der Waals surface area contributed by atoms with Crippen LogP contribution in [0.4, 0.5) is 0 Å². The van der Waals surface area contributed by atoms with Gasteiger partial charge < -0.3 is 15.7 Å². The SMILES string of the molecule is CCCC(C)CNCC(O)CNCC(CC)CCC. The number of nitrogens with one attached hydrogen (secondary N) is 2. The zero-order valence-electron chi connectivity index (χ0n) is 13.5. The van der Waals surface area contributed by atoms with E-state index in [1.54, 1.807) is 0 Å². The van der Waals surface area contributed by atoms with E-state index in [0.717, 1.165) is 19.0 Å². The van der Waals surface area contributed by atoms with Crippen molar-refractivity contribution in [3.63, 3.8) is 0 Å². The molecule has 0 heterocycles. The maximum atomic E-state index is 9.88. The highest BCUT2D eigenvalue weighted by Gasteiger charge is 2.08. The average Bonchev–Trinajstić information content (AvgIpc) is 2.38. The molecule has 0 radical (unpaired) electrons. The Morgan fingerprint density at radius 2 is 1.42 bits per heavy atom. The average molecular weight is 272 g/mol. The van der Waals surface area contributed by atoms with Crippen LogP contribution in [0.15, 0.2) is 0 Å². The lowest BCUT2D eigenvalue weighted by molar-refractivity contribution is 0.164. The Morgan fingerprint density at radius 1 is 0.842 bits per heavy atom. The van der Waals surface area contributed by atoms with E-state index in [4.69, 9.17) is 0 Å². The summed E-state index contributed by atoms with van der Waals surface area (Å²) in [5.41, 5.74) is 0. The maximum Gasteiger partial charge on any atom is 0.0788 e. The fraction of sp³-hybridized carbons (Fsp3) is 1.00. The predicted molar refractivity (Wildman–Crippen MR) is 84.5 cm³/mol. The van der Waals surface area contributed by atoms with Gasteiger partial charge in [0, 0.05) is 13.1 Å². The van der Waals surface area contributed by atoms with E-state index >= 15 is 0 Å². The van der Waals surface area contributed by atoms with E-state index in [1.807, 2.05) is 0 Å². The van der Waals surface area contributed by atoms with Crippen molar-refractivity contribution in [2.75, 3.05) is 26.2 Å². The molecule has 116 valence electrons. The summed E-state index contributed by atoms with van der Waals surface area (Å²) in [5, 5.41) is 16.6. The normalized spacial score (nSPS) is 16.3. The van der Waals surface area contributed by atoms with Crippen molar-refractivity contribution < 1.29 is 5.11 Å². The number of rotatable bonds is 13. The number of hydrogen-bond acceptors (Lipinski definition) is 3. The molecule has 0 aromatic rings. The van der Waals surface area contributed by atoms with Gasteiger partial charge in [0.05, 0.1) is 6.10 Å². The largest absolute Gasteiger partial charge is 0.390 e. The monoisotopic (exact) mass is 272 g/mol. The number of hydrogen-bond donors (Lipinski definition) is 3. The molecule has 0 saturated heterocycles.